The second kappa shape index (κ2) is 3.11. The van der Waals surface area contributed by atoms with Crippen molar-refractivity contribution in [3.05, 3.63) is 35.9 Å². The van der Waals surface area contributed by atoms with Gasteiger partial charge >= 0.3 is 0 Å². The number of nitrogens with zero attached hydrogens (tertiary/aromatic N) is 1. The number of oxazole rings is 1. The second-order valence-electron chi connectivity index (χ2n) is 2.54. The van der Waals surface area contributed by atoms with Gasteiger partial charge in [0, 0.05) is 5.56 Å². The summed E-state index contributed by atoms with van der Waals surface area (Å²) >= 11 is 5.65. The van der Waals surface area contributed by atoms with E-state index in [4.69, 9.17) is 16.0 Å². The minimum atomic E-state index is 0.0437. The summed E-state index contributed by atoms with van der Waals surface area (Å²) in [6.07, 6.45) is 2.84. The Morgan fingerprint density at radius 2 is 2.23 bits per heavy atom. The van der Waals surface area contributed by atoms with Crippen molar-refractivity contribution in [1.29, 1.82) is 0 Å². The average Bonchev–Trinajstić information content (AvgIpc) is 2.62. The quantitative estimate of drug-likeness (QED) is 0.761. The number of rotatable bonds is 1. The van der Waals surface area contributed by atoms with Crippen LogP contribution in [0.3, 0.4) is 0 Å². The van der Waals surface area contributed by atoms with Crippen molar-refractivity contribution in [2.45, 2.75) is 0 Å². The summed E-state index contributed by atoms with van der Waals surface area (Å²) in [5.41, 5.74) is 1.45. The number of halogens is 1. The number of hydrogen-bond donors (Lipinski definition) is 1. The second-order valence-corrected chi connectivity index (χ2v) is 2.95. The van der Waals surface area contributed by atoms with Gasteiger partial charge in [0.15, 0.2) is 6.39 Å². The van der Waals surface area contributed by atoms with Gasteiger partial charge in [-0.05, 0) is 12.1 Å². The van der Waals surface area contributed by atoms with Gasteiger partial charge in [-0.2, -0.15) is 0 Å². The first-order chi connectivity index (χ1) is 6.27. The highest BCUT2D eigenvalue weighted by Crippen LogP contribution is 2.28. The SMILES string of the molecule is Oc1cc(-c2cocn2)ccc1Cl. The molecule has 2 rings (SSSR count). The van der Waals surface area contributed by atoms with Gasteiger partial charge in [0.1, 0.15) is 17.7 Å². The van der Waals surface area contributed by atoms with Gasteiger partial charge in [-0.1, -0.05) is 17.7 Å². The number of phenols is 1. The van der Waals surface area contributed by atoms with E-state index in [1.54, 1.807) is 18.2 Å². The Balaban J connectivity index is 2.49. The first-order valence-electron chi connectivity index (χ1n) is 3.64. The Kier molecular flexibility index (Phi) is 1.94. The summed E-state index contributed by atoms with van der Waals surface area (Å²) in [5, 5.41) is 9.63. The molecule has 1 N–H and O–H groups in total. The molecule has 0 saturated heterocycles. The predicted octanol–water partition coefficient (Wildman–Crippen LogP) is 2.70. The Morgan fingerprint density at radius 1 is 1.38 bits per heavy atom. The molecule has 4 heteroatoms. The van der Waals surface area contributed by atoms with E-state index in [-0.39, 0.29) is 5.75 Å². The largest absolute Gasteiger partial charge is 0.506 e. The summed E-state index contributed by atoms with van der Waals surface area (Å²) in [6, 6.07) is 4.92. The van der Waals surface area contributed by atoms with E-state index in [9.17, 15) is 5.11 Å². The van der Waals surface area contributed by atoms with Gasteiger partial charge in [-0.3, -0.25) is 0 Å². The van der Waals surface area contributed by atoms with E-state index in [0.717, 1.165) is 5.56 Å². The van der Waals surface area contributed by atoms with Gasteiger partial charge in [-0.25, -0.2) is 4.98 Å². The van der Waals surface area contributed by atoms with Crippen LogP contribution in [0.1, 0.15) is 0 Å². The fourth-order valence-corrected chi connectivity index (χ4v) is 1.14. The van der Waals surface area contributed by atoms with E-state index in [2.05, 4.69) is 4.98 Å². The van der Waals surface area contributed by atoms with Gasteiger partial charge in [0.25, 0.3) is 0 Å². The van der Waals surface area contributed by atoms with Crippen molar-refractivity contribution in [3.8, 4) is 17.0 Å². The molecule has 3 nitrogen and oxygen atoms in total. The lowest BCUT2D eigenvalue weighted by Gasteiger charge is -1.98. The van der Waals surface area contributed by atoms with Gasteiger partial charge in [0.05, 0.1) is 5.02 Å². The van der Waals surface area contributed by atoms with E-state index < -0.39 is 0 Å². The molecule has 0 aliphatic rings. The Bertz CT molecular complexity index is 412. The third-order valence-electron chi connectivity index (χ3n) is 1.67. The highest BCUT2D eigenvalue weighted by molar-refractivity contribution is 6.32. The average molecular weight is 196 g/mol. The molecule has 0 unspecified atom stereocenters. The maximum atomic E-state index is 9.31. The molecular formula is C9H6ClNO2. The number of benzene rings is 1. The summed E-state index contributed by atoms with van der Waals surface area (Å²) < 4.78 is 4.81. The van der Waals surface area contributed by atoms with Crippen LogP contribution in [0.5, 0.6) is 5.75 Å². The molecule has 0 fully saturated rings. The van der Waals surface area contributed by atoms with Crippen LogP contribution in [0.15, 0.2) is 35.3 Å². The monoisotopic (exact) mass is 195 g/mol. The fourth-order valence-electron chi connectivity index (χ4n) is 1.03. The van der Waals surface area contributed by atoms with Crippen molar-refractivity contribution in [2.75, 3.05) is 0 Å². The molecule has 2 aromatic rings. The van der Waals surface area contributed by atoms with Crippen molar-refractivity contribution in [2.24, 2.45) is 0 Å². The minimum absolute atomic E-state index is 0.0437. The molecule has 0 spiro atoms. The van der Waals surface area contributed by atoms with E-state index in [0.29, 0.717) is 10.7 Å². The highest BCUT2D eigenvalue weighted by atomic mass is 35.5. The van der Waals surface area contributed by atoms with Crippen molar-refractivity contribution < 1.29 is 9.52 Å². The Morgan fingerprint density at radius 3 is 2.85 bits per heavy atom. The first-order valence-corrected chi connectivity index (χ1v) is 4.02. The topological polar surface area (TPSA) is 46.3 Å². The summed E-state index contributed by atoms with van der Waals surface area (Å²) in [6.45, 7) is 0. The van der Waals surface area contributed by atoms with Crippen LogP contribution in [-0.4, -0.2) is 10.1 Å². The standard InChI is InChI=1S/C9H6ClNO2/c10-7-2-1-6(3-9(7)12)8-4-13-5-11-8/h1-5,12H. The molecule has 0 atom stereocenters. The van der Waals surface area contributed by atoms with Crippen molar-refractivity contribution in [1.82, 2.24) is 4.98 Å². The lowest BCUT2D eigenvalue weighted by molar-refractivity contribution is 0.476. The molecule has 1 aromatic carbocycles. The predicted molar refractivity (Wildman–Crippen MR) is 48.6 cm³/mol. The molecule has 66 valence electrons. The van der Waals surface area contributed by atoms with Gasteiger partial charge in [-0.15, -0.1) is 0 Å². The smallest absolute Gasteiger partial charge is 0.181 e. The fraction of sp³-hybridized carbons (Fsp3) is 0. The zero-order chi connectivity index (χ0) is 9.26. The van der Waals surface area contributed by atoms with Crippen molar-refractivity contribution >= 4 is 11.6 Å². The summed E-state index contributed by atoms with van der Waals surface area (Å²) in [5.74, 6) is 0.0437. The van der Waals surface area contributed by atoms with E-state index >= 15 is 0 Å². The zero-order valence-electron chi connectivity index (χ0n) is 6.57. The van der Waals surface area contributed by atoms with Crippen LogP contribution < -0.4 is 0 Å². The van der Waals surface area contributed by atoms with Crippen LogP contribution in [0, 0.1) is 0 Å². The maximum absolute atomic E-state index is 9.31. The lowest BCUT2D eigenvalue weighted by Crippen LogP contribution is -1.76. The summed E-state index contributed by atoms with van der Waals surface area (Å²) in [7, 11) is 0. The first kappa shape index (κ1) is 8.13. The van der Waals surface area contributed by atoms with Gasteiger partial charge in [0.2, 0.25) is 0 Å². The van der Waals surface area contributed by atoms with Crippen LogP contribution in [0.4, 0.5) is 0 Å². The maximum Gasteiger partial charge on any atom is 0.181 e. The number of phenolic OH excluding ortho intramolecular Hbond substituents is 1. The molecule has 0 amide bonds. The Hall–Kier alpha value is -1.48. The van der Waals surface area contributed by atoms with E-state index in [1.807, 2.05) is 0 Å². The molecule has 0 radical (unpaired) electrons. The molecule has 0 bridgehead atoms. The molecule has 0 saturated carbocycles. The molecular weight excluding hydrogens is 190 g/mol. The van der Waals surface area contributed by atoms with Crippen LogP contribution in [-0.2, 0) is 0 Å². The number of aromatic nitrogens is 1. The minimum Gasteiger partial charge on any atom is -0.506 e. The Labute approximate surface area is 79.6 Å². The van der Waals surface area contributed by atoms with Crippen LogP contribution in [0.2, 0.25) is 5.02 Å². The van der Waals surface area contributed by atoms with Crippen LogP contribution >= 0.6 is 11.6 Å². The third kappa shape index (κ3) is 1.51. The number of aromatic hydroxyl groups is 1. The summed E-state index contributed by atoms with van der Waals surface area (Å²) in [4.78, 5) is 3.94. The normalized spacial score (nSPS) is 10.2. The molecule has 0 aliphatic heterocycles. The molecule has 13 heavy (non-hydrogen) atoms. The lowest BCUT2D eigenvalue weighted by atomic mass is 10.2. The molecule has 0 aliphatic carbocycles. The van der Waals surface area contributed by atoms with Gasteiger partial charge < -0.3 is 9.52 Å². The van der Waals surface area contributed by atoms with E-state index in [1.165, 1.54) is 12.7 Å². The van der Waals surface area contributed by atoms with Crippen LogP contribution in [0.25, 0.3) is 11.3 Å². The molecule has 1 heterocycles. The number of hydrogen-bond acceptors (Lipinski definition) is 3. The third-order valence-corrected chi connectivity index (χ3v) is 1.99. The zero-order valence-corrected chi connectivity index (χ0v) is 7.32. The molecule has 1 aromatic heterocycles. The highest BCUT2D eigenvalue weighted by Gasteiger charge is 2.03. The van der Waals surface area contributed by atoms with Crippen molar-refractivity contribution in [3.63, 3.8) is 0 Å².